The molecule has 0 heterocycles. The van der Waals surface area contributed by atoms with Gasteiger partial charge in [0.05, 0.1) is 5.69 Å². The summed E-state index contributed by atoms with van der Waals surface area (Å²) in [5.74, 6) is 0. The van der Waals surface area contributed by atoms with E-state index < -0.39 is 0 Å². The van der Waals surface area contributed by atoms with Crippen LogP contribution in [0.3, 0.4) is 0 Å². The molecule has 3 aromatic rings. The van der Waals surface area contributed by atoms with Crippen LogP contribution in [0.5, 0.6) is 0 Å². The van der Waals surface area contributed by atoms with E-state index in [1.165, 1.54) is 27.1 Å². The molecule has 0 aliphatic carbocycles. The van der Waals surface area contributed by atoms with Crippen molar-refractivity contribution in [1.82, 2.24) is 0 Å². The summed E-state index contributed by atoms with van der Waals surface area (Å²) in [5, 5.41) is 5.10. The number of aryl methyl sites for hydroxylation is 1. The molecule has 0 bridgehead atoms. The van der Waals surface area contributed by atoms with Gasteiger partial charge in [0.1, 0.15) is 0 Å². The van der Waals surface area contributed by atoms with Crippen LogP contribution in [0.2, 0.25) is 0 Å². The van der Waals surface area contributed by atoms with E-state index >= 15 is 0 Å². The van der Waals surface area contributed by atoms with Crippen molar-refractivity contribution < 1.29 is 0 Å². The van der Waals surface area contributed by atoms with Gasteiger partial charge in [0.2, 0.25) is 0 Å². The van der Waals surface area contributed by atoms with E-state index in [1.807, 2.05) is 13.1 Å². The van der Waals surface area contributed by atoms with Crippen LogP contribution in [-0.2, 0) is 0 Å². The van der Waals surface area contributed by atoms with Gasteiger partial charge in [-0.05, 0) is 35.6 Å². The Morgan fingerprint density at radius 2 is 1.28 bits per heavy atom. The lowest BCUT2D eigenvalue weighted by Crippen LogP contribution is -1.84. The molecule has 0 aromatic heterocycles. The number of aliphatic imine (C=N–C) groups is 1. The maximum absolute atomic E-state index is 4.56. The number of rotatable bonds is 1. The molecule has 0 amide bonds. The molecule has 0 unspecified atom stereocenters. The SMILES string of the molecule is CC=Nc1c(C)c2ccccc2c2ccccc12. The summed E-state index contributed by atoms with van der Waals surface area (Å²) in [4.78, 5) is 4.56. The van der Waals surface area contributed by atoms with Gasteiger partial charge in [-0.15, -0.1) is 0 Å². The van der Waals surface area contributed by atoms with Crippen LogP contribution in [0.1, 0.15) is 12.5 Å². The Balaban J connectivity index is 2.62. The third-order valence-electron chi connectivity index (χ3n) is 3.42. The molecule has 1 nitrogen and oxygen atoms in total. The summed E-state index contributed by atoms with van der Waals surface area (Å²) in [7, 11) is 0. The highest BCUT2D eigenvalue weighted by molar-refractivity contribution is 6.14. The molecule has 0 fully saturated rings. The predicted octanol–water partition coefficient (Wildman–Crippen LogP) is 5.02. The average molecular weight is 233 g/mol. The van der Waals surface area contributed by atoms with E-state index in [4.69, 9.17) is 0 Å². The van der Waals surface area contributed by atoms with E-state index in [0.717, 1.165) is 5.69 Å². The number of benzene rings is 3. The summed E-state index contributed by atoms with van der Waals surface area (Å²) >= 11 is 0. The molecule has 18 heavy (non-hydrogen) atoms. The smallest absolute Gasteiger partial charge is 0.0739 e. The molecule has 0 aliphatic rings. The van der Waals surface area contributed by atoms with Crippen molar-refractivity contribution in [3.63, 3.8) is 0 Å². The largest absolute Gasteiger partial charge is 0.261 e. The molecule has 0 saturated heterocycles. The molecule has 0 saturated carbocycles. The van der Waals surface area contributed by atoms with Crippen LogP contribution < -0.4 is 0 Å². The Bertz CT molecular complexity index is 754. The van der Waals surface area contributed by atoms with Crippen molar-refractivity contribution in [3.05, 3.63) is 54.1 Å². The minimum absolute atomic E-state index is 1.09. The Morgan fingerprint density at radius 3 is 1.89 bits per heavy atom. The maximum Gasteiger partial charge on any atom is 0.0739 e. The predicted molar refractivity (Wildman–Crippen MR) is 80.0 cm³/mol. The molecule has 0 radical (unpaired) electrons. The molecule has 88 valence electrons. The fourth-order valence-corrected chi connectivity index (χ4v) is 2.59. The molecular formula is C17H15N. The lowest BCUT2D eigenvalue weighted by atomic mass is 9.96. The highest BCUT2D eigenvalue weighted by Gasteiger charge is 2.09. The number of hydrogen-bond acceptors (Lipinski definition) is 1. The molecule has 3 aromatic carbocycles. The van der Waals surface area contributed by atoms with Crippen molar-refractivity contribution >= 4 is 33.4 Å². The van der Waals surface area contributed by atoms with Gasteiger partial charge in [-0.25, -0.2) is 0 Å². The average Bonchev–Trinajstić information content (AvgIpc) is 2.43. The van der Waals surface area contributed by atoms with Crippen LogP contribution in [0.4, 0.5) is 5.69 Å². The standard InChI is InChI=1S/C17H15N/c1-3-18-17-12(2)13-8-4-5-9-14(13)15-10-6-7-11-16(15)17/h3-11H,1-2H3. The summed E-state index contributed by atoms with van der Waals surface area (Å²) in [5.41, 5.74) is 2.34. The minimum Gasteiger partial charge on any atom is -0.261 e. The topological polar surface area (TPSA) is 12.4 Å². The lowest BCUT2D eigenvalue weighted by molar-refractivity contribution is 1.47. The zero-order chi connectivity index (χ0) is 12.5. The minimum atomic E-state index is 1.09. The Morgan fingerprint density at radius 1 is 0.778 bits per heavy atom. The second-order valence-electron chi connectivity index (χ2n) is 4.45. The maximum atomic E-state index is 4.56. The van der Waals surface area contributed by atoms with Gasteiger partial charge < -0.3 is 0 Å². The third kappa shape index (κ3) is 1.52. The Labute approximate surface area is 107 Å². The Kier molecular flexibility index (Phi) is 2.60. The Hall–Kier alpha value is -2.15. The number of nitrogens with zero attached hydrogens (tertiary/aromatic N) is 1. The van der Waals surface area contributed by atoms with Crippen molar-refractivity contribution in [1.29, 1.82) is 0 Å². The van der Waals surface area contributed by atoms with Crippen LogP contribution >= 0.6 is 0 Å². The van der Waals surface area contributed by atoms with Gasteiger partial charge in [-0.3, -0.25) is 4.99 Å². The fraction of sp³-hybridized carbons (Fsp3) is 0.118. The van der Waals surface area contributed by atoms with Crippen molar-refractivity contribution in [2.75, 3.05) is 0 Å². The highest BCUT2D eigenvalue weighted by Crippen LogP contribution is 2.37. The molecule has 0 N–H and O–H groups in total. The number of fused-ring (bicyclic) bond motifs is 3. The first kappa shape index (κ1) is 11.0. The van der Waals surface area contributed by atoms with E-state index in [1.54, 1.807) is 0 Å². The van der Waals surface area contributed by atoms with Crippen LogP contribution in [-0.4, -0.2) is 6.21 Å². The lowest BCUT2D eigenvalue weighted by Gasteiger charge is -2.11. The van der Waals surface area contributed by atoms with Gasteiger partial charge in [0.25, 0.3) is 0 Å². The fourth-order valence-electron chi connectivity index (χ4n) is 2.59. The summed E-state index contributed by atoms with van der Waals surface area (Å²) < 4.78 is 0. The first-order valence-electron chi connectivity index (χ1n) is 6.21. The molecule has 0 atom stereocenters. The normalized spacial score (nSPS) is 11.7. The first-order chi connectivity index (χ1) is 8.83. The highest BCUT2D eigenvalue weighted by atomic mass is 14.7. The zero-order valence-corrected chi connectivity index (χ0v) is 10.6. The summed E-state index contributed by atoms with van der Waals surface area (Å²) in [6.45, 7) is 4.11. The summed E-state index contributed by atoms with van der Waals surface area (Å²) in [6, 6.07) is 17.0. The van der Waals surface area contributed by atoms with Gasteiger partial charge >= 0.3 is 0 Å². The quantitative estimate of drug-likeness (QED) is 0.413. The van der Waals surface area contributed by atoms with Crippen molar-refractivity contribution in [2.24, 2.45) is 4.99 Å². The van der Waals surface area contributed by atoms with Gasteiger partial charge in [0, 0.05) is 11.6 Å². The monoisotopic (exact) mass is 233 g/mol. The first-order valence-corrected chi connectivity index (χ1v) is 6.21. The second-order valence-corrected chi connectivity index (χ2v) is 4.45. The number of hydrogen-bond donors (Lipinski definition) is 0. The zero-order valence-electron chi connectivity index (χ0n) is 10.6. The van der Waals surface area contributed by atoms with Crippen LogP contribution in [0.15, 0.2) is 53.5 Å². The molecular weight excluding hydrogens is 218 g/mol. The van der Waals surface area contributed by atoms with E-state index in [0.29, 0.717) is 0 Å². The third-order valence-corrected chi connectivity index (χ3v) is 3.42. The van der Waals surface area contributed by atoms with Gasteiger partial charge in [0.15, 0.2) is 0 Å². The molecule has 0 aliphatic heterocycles. The van der Waals surface area contributed by atoms with Gasteiger partial charge in [-0.1, -0.05) is 48.5 Å². The van der Waals surface area contributed by atoms with E-state index in [9.17, 15) is 0 Å². The molecule has 3 rings (SSSR count). The molecule has 0 spiro atoms. The van der Waals surface area contributed by atoms with Crippen molar-refractivity contribution in [2.45, 2.75) is 13.8 Å². The van der Waals surface area contributed by atoms with Gasteiger partial charge in [-0.2, -0.15) is 0 Å². The van der Waals surface area contributed by atoms with Crippen LogP contribution in [0, 0.1) is 6.92 Å². The van der Waals surface area contributed by atoms with Crippen molar-refractivity contribution in [3.8, 4) is 0 Å². The summed E-state index contributed by atoms with van der Waals surface area (Å²) in [6.07, 6.45) is 1.86. The van der Waals surface area contributed by atoms with E-state index in [2.05, 4.69) is 60.4 Å². The van der Waals surface area contributed by atoms with Crippen LogP contribution in [0.25, 0.3) is 21.5 Å². The molecule has 1 heteroatoms. The second kappa shape index (κ2) is 4.26. The van der Waals surface area contributed by atoms with E-state index in [-0.39, 0.29) is 0 Å².